The molecule has 0 spiro atoms. The molecule has 0 amide bonds. The Balaban J connectivity index is 2.30. The van der Waals surface area contributed by atoms with Gasteiger partial charge in [0.15, 0.2) is 9.84 Å². The summed E-state index contributed by atoms with van der Waals surface area (Å²) in [6.45, 7) is 1.88. The zero-order chi connectivity index (χ0) is 17.9. The molecule has 24 heavy (non-hydrogen) atoms. The highest BCUT2D eigenvalue weighted by Crippen LogP contribution is 2.34. The number of benzene rings is 1. The Labute approximate surface area is 144 Å². The summed E-state index contributed by atoms with van der Waals surface area (Å²) >= 11 is 0. The summed E-state index contributed by atoms with van der Waals surface area (Å²) in [6, 6.07) is 4.21. The largest absolute Gasteiger partial charge is 0.377 e. The minimum absolute atomic E-state index is 0.0484. The van der Waals surface area contributed by atoms with E-state index >= 15 is 0 Å². The van der Waals surface area contributed by atoms with Crippen LogP contribution in [-0.4, -0.2) is 40.9 Å². The molecule has 3 unspecified atom stereocenters. The summed E-state index contributed by atoms with van der Waals surface area (Å²) in [5, 5.41) is 14.6. The molecule has 0 heterocycles. The lowest BCUT2D eigenvalue weighted by Crippen LogP contribution is -2.33. The Kier molecular flexibility index (Phi) is 5.97. The molecule has 1 aromatic carbocycles. The van der Waals surface area contributed by atoms with Crippen LogP contribution in [0.4, 0.5) is 11.4 Å². The van der Waals surface area contributed by atoms with Crippen LogP contribution in [0.2, 0.25) is 0 Å². The van der Waals surface area contributed by atoms with Gasteiger partial charge in [-0.25, -0.2) is 8.42 Å². The molecule has 134 valence electrons. The van der Waals surface area contributed by atoms with Crippen molar-refractivity contribution in [2.24, 2.45) is 0 Å². The van der Waals surface area contributed by atoms with Crippen molar-refractivity contribution in [3.63, 3.8) is 0 Å². The molecule has 1 fully saturated rings. The Morgan fingerprint density at radius 3 is 2.67 bits per heavy atom. The van der Waals surface area contributed by atoms with Gasteiger partial charge in [-0.05, 0) is 31.4 Å². The molecule has 9 heteroatoms. The van der Waals surface area contributed by atoms with Gasteiger partial charge < -0.3 is 5.32 Å². The summed E-state index contributed by atoms with van der Waals surface area (Å²) < 4.78 is 35.6. The molecule has 2 rings (SSSR count). The number of nitro benzene ring substituents is 1. The maximum atomic E-state index is 12.0. The molecule has 0 aromatic heterocycles. The van der Waals surface area contributed by atoms with Crippen molar-refractivity contribution < 1.29 is 17.6 Å². The number of nitro groups is 1. The molecule has 0 bridgehead atoms. The lowest BCUT2D eigenvalue weighted by Gasteiger charge is -2.29. The van der Waals surface area contributed by atoms with Crippen LogP contribution in [0.1, 0.15) is 32.6 Å². The Bertz CT molecular complexity index is 748. The zero-order valence-corrected chi connectivity index (χ0v) is 15.4. The van der Waals surface area contributed by atoms with Crippen LogP contribution in [0, 0.1) is 10.1 Å². The molecule has 0 aliphatic heterocycles. The van der Waals surface area contributed by atoms with Crippen LogP contribution in [0.15, 0.2) is 23.1 Å². The third kappa shape index (κ3) is 4.32. The van der Waals surface area contributed by atoms with Gasteiger partial charge in [0.05, 0.1) is 4.92 Å². The normalized spacial score (nSPS) is 22.8. The van der Waals surface area contributed by atoms with E-state index in [1.165, 1.54) is 18.2 Å². The summed E-state index contributed by atoms with van der Waals surface area (Å²) in [7, 11) is -4.59. The molecular formula is C15H22N2O5S2. The number of rotatable bonds is 6. The minimum atomic E-state index is -3.70. The molecule has 3 atom stereocenters. The molecule has 1 N–H and O–H groups in total. The van der Waals surface area contributed by atoms with Crippen LogP contribution >= 0.6 is 0 Å². The predicted octanol–water partition coefficient (Wildman–Crippen LogP) is 2.49. The molecule has 0 radical (unpaired) electrons. The van der Waals surface area contributed by atoms with E-state index in [4.69, 9.17) is 0 Å². The Morgan fingerprint density at radius 1 is 1.38 bits per heavy atom. The van der Waals surface area contributed by atoms with Gasteiger partial charge in [0.25, 0.3) is 0 Å². The monoisotopic (exact) mass is 374 g/mol. The maximum absolute atomic E-state index is 12.0. The third-order valence-electron chi connectivity index (χ3n) is 4.22. The average molecular weight is 374 g/mol. The molecule has 7 nitrogen and oxygen atoms in total. The first-order valence-electron chi connectivity index (χ1n) is 7.85. The van der Waals surface area contributed by atoms with Crippen molar-refractivity contribution in [2.75, 3.05) is 17.3 Å². The van der Waals surface area contributed by atoms with Gasteiger partial charge in [-0.3, -0.25) is 14.3 Å². The fourth-order valence-electron chi connectivity index (χ4n) is 3.10. The fourth-order valence-corrected chi connectivity index (χ4v) is 5.31. The van der Waals surface area contributed by atoms with Crippen LogP contribution in [0.5, 0.6) is 0 Å². The highest BCUT2D eigenvalue weighted by molar-refractivity contribution is 7.90. The van der Waals surface area contributed by atoms with Crippen LogP contribution in [-0.2, 0) is 20.6 Å². The second kappa shape index (κ2) is 7.60. The SMILES string of the molecule is CCS(=O)C1CCCC(Nc2cccc(S(C)(=O)=O)c2[N+](=O)[O-])C1. The van der Waals surface area contributed by atoms with Crippen molar-refractivity contribution in [1.82, 2.24) is 0 Å². The summed E-state index contributed by atoms with van der Waals surface area (Å²) in [5.74, 6) is 0.598. The zero-order valence-electron chi connectivity index (χ0n) is 13.7. The van der Waals surface area contributed by atoms with Gasteiger partial charge in [0.2, 0.25) is 0 Å². The number of anilines is 1. The van der Waals surface area contributed by atoms with E-state index in [-0.39, 0.29) is 21.9 Å². The first-order chi connectivity index (χ1) is 11.2. The van der Waals surface area contributed by atoms with Gasteiger partial charge in [-0.1, -0.05) is 19.4 Å². The maximum Gasteiger partial charge on any atom is 0.310 e. The predicted molar refractivity (Wildman–Crippen MR) is 94.6 cm³/mol. The first-order valence-corrected chi connectivity index (χ1v) is 11.1. The molecule has 1 aliphatic rings. The third-order valence-corrected chi connectivity index (χ3v) is 7.09. The topological polar surface area (TPSA) is 106 Å². The molecule has 1 saturated carbocycles. The highest BCUT2D eigenvalue weighted by atomic mass is 32.2. The summed E-state index contributed by atoms with van der Waals surface area (Å²) in [6.07, 6.45) is 4.23. The second-order valence-electron chi connectivity index (χ2n) is 5.98. The number of sulfone groups is 1. The van der Waals surface area contributed by atoms with Crippen molar-refractivity contribution in [2.45, 2.75) is 48.8 Å². The number of nitrogens with zero attached hydrogens (tertiary/aromatic N) is 1. The smallest absolute Gasteiger partial charge is 0.310 e. The van der Waals surface area contributed by atoms with E-state index in [2.05, 4.69) is 5.32 Å². The van der Waals surface area contributed by atoms with Crippen molar-refractivity contribution >= 4 is 32.0 Å². The minimum Gasteiger partial charge on any atom is -0.377 e. The van der Waals surface area contributed by atoms with Gasteiger partial charge in [0.1, 0.15) is 10.6 Å². The summed E-state index contributed by atoms with van der Waals surface area (Å²) in [5.41, 5.74) is -0.213. The molecular weight excluding hydrogens is 352 g/mol. The van der Waals surface area contributed by atoms with E-state index in [9.17, 15) is 22.7 Å². The Hall–Kier alpha value is -1.48. The number of nitrogens with one attached hydrogen (secondary N) is 1. The van der Waals surface area contributed by atoms with Crippen LogP contribution < -0.4 is 5.32 Å². The van der Waals surface area contributed by atoms with E-state index in [1.54, 1.807) is 0 Å². The molecule has 1 aliphatic carbocycles. The van der Waals surface area contributed by atoms with Crippen LogP contribution in [0.3, 0.4) is 0 Å². The number of hydrogen-bond acceptors (Lipinski definition) is 6. The molecule has 0 saturated heterocycles. The highest BCUT2D eigenvalue weighted by Gasteiger charge is 2.30. The van der Waals surface area contributed by atoms with Crippen LogP contribution in [0.25, 0.3) is 0 Å². The molecule has 1 aromatic rings. The van der Waals surface area contributed by atoms with E-state index < -0.39 is 31.2 Å². The summed E-state index contributed by atoms with van der Waals surface area (Å²) in [4.78, 5) is 10.4. The average Bonchev–Trinajstić information content (AvgIpc) is 2.53. The first kappa shape index (κ1) is 18.9. The fraction of sp³-hybridized carbons (Fsp3) is 0.600. The van der Waals surface area contributed by atoms with Crippen molar-refractivity contribution in [1.29, 1.82) is 0 Å². The van der Waals surface area contributed by atoms with Crippen molar-refractivity contribution in [3.05, 3.63) is 28.3 Å². The Morgan fingerprint density at radius 2 is 2.08 bits per heavy atom. The standard InChI is InChI=1S/C15H22N2O5S2/c1-3-23(20)12-7-4-6-11(10-12)16-13-8-5-9-14(24(2,21)22)15(13)17(18)19/h5,8-9,11-12,16H,3-4,6-7,10H2,1-2H3. The quantitative estimate of drug-likeness (QED) is 0.605. The van der Waals surface area contributed by atoms with E-state index in [0.717, 1.165) is 25.5 Å². The van der Waals surface area contributed by atoms with Gasteiger partial charge >= 0.3 is 5.69 Å². The van der Waals surface area contributed by atoms with E-state index in [1.807, 2.05) is 6.92 Å². The van der Waals surface area contributed by atoms with Gasteiger partial charge in [-0.15, -0.1) is 0 Å². The number of para-hydroxylation sites is 1. The van der Waals surface area contributed by atoms with Gasteiger partial charge in [0, 0.05) is 34.1 Å². The number of hydrogen-bond donors (Lipinski definition) is 1. The lowest BCUT2D eigenvalue weighted by molar-refractivity contribution is -0.386. The van der Waals surface area contributed by atoms with Crippen molar-refractivity contribution in [3.8, 4) is 0 Å². The second-order valence-corrected chi connectivity index (χ2v) is 9.97. The lowest BCUT2D eigenvalue weighted by atomic mass is 9.94. The van der Waals surface area contributed by atoms with E-state index in [0.29, 0.717) is 12.2 Å². The van der Waals surface area contributed by atoms with Gasteiger partial charge in [-0.2, -0.15) is 0 Å².